The first-order chi connectivity index (χ1) is 12.7. The molecule has 12 heteroatoms. The molecule has 2 aromatic rings. The minimum atomic E-state index is -4.01. The number of hydrogen-bond donors (Lipinski definition) is 2. The number of aliphatic hydroxyl groups is 2. The highest BCUT2D eigenvalue weighted by atomic mass is 35.5. The highest BCUT2D eigenvalue weighted by Crippen LogP contribution is 2.30. The van der Waals surface area contributed by atoms with Gasteiger partial charge in [0.1, 0.15) is 4.21 Å². The van der Waals surface area contributed by atoms with Crippen molar-refractivity contribution in [3.8, 4) is 0 Å². The zero-order chi connectivity index (χ0) is 20.2. The third kappa shape index (κ3) is 6.86. The second-order valence-electron chi connectivity index (χ2n) is 5.79. The molecule has 0 bridgehead atoms. The van der Waals surface area contributed by atoms with Crippen LogP contribution in [0.25, 0.3) is 0 Å². The van der Waals surface area contributed by atoms with Gasteiger partial charge >= 0.3 is 5.97 Å². The largest absolute Gasteiger partial charge is 0.465 e. The first kappa shape index (κ1) is 28.2. The zero-order valence-corrected chi connectivity index (χ0v) is 20.1. The van der Waals surface area contributed by atoms with Gasteiger partial charge in [0.05, 0.1) is 35.8 Å². The van der Waals surface area contributed by atoms with Crippen molar-refractivity contribution >= 4 is 65.9 Å². The summed E-state index contributed by atoms with van der Waals surface area (Å²) < 4.78 is 32.1. The van der Waals surface area contributed by atoms with Gasteiger partial charge in [-0.25, -0.2) is 13.2 Å². The lowest BCUT2D eigenvalue weighted by atomic mass is 10.1. The van der Waals surface area contributed by atoms with Gasteiger partial charge in [0.25, 0.3) is 10.0 Å². The molecule has 0 saturated heterocycles. The lowest BCUT2D eigenvalue weighted by Gasteiger charge is -2.31. The van der Waals surface area contributed by atoms with Gasteiger partial charge in [-0.3, -0.25) is 0 Å². The van der Waals surface area contributed by atoms with Crippen molar-refractivity contribution in [1.82, 2.24) is 4.31 Å². The number of methoxy groups -OCH3 is 1. The van der Waals surface area contributed by atoms with E-state index in [1.165, 1.54) is 38.3 Å². The summed E-state index contributed by atoms with van der Waals surface area (Å²) in [7, 11) is -2.74. The standard InChI is InChI=1S/C17H20ClNO6S2.2H2S/c1-11(21)14(10-20)19(27(23,24)16-8-7-15(18)26-16)9-12-3-5-13(6-4-12)17(22)25-2;;/h3-8,11,14,20-21H,9-10H2,1-2H3;2*1H2/t11-,14-;;/m0../s1. The Bertz CT molecular complexity index is 886. The Labute approximate surface area is 193 Å². The van der Waals surface area contributed by atoms with Gasteiger partial charge in [-0.05, 0) is 36.8 Å². The van der Waals surface area contributed by atoms with E-state index in [2.05, 4.69) is 4.74 Å². The number of hydrogen-bond acceptors (Lipinski definition) is 7. The summed E-state index contributed by atoms with van der Waals surface area (Å²) in [4.78, 5) is 11.5. The molecule has 0 aliphatic carbocycles. The summed E-state index contributed by atoms with van der Waals surface area (Å²) in [6.45, 7) is 0.747. The van der Waals surface area contributed by atoms with Crippen LogP contribution in [0.5, 0.6) is 0 Å². The molecule has 2 atom stereocenters. The number of esters is 1. The van der Waals surface area contributed by atoms with Crippen LogP contribution in [0.1, 0.15) is 22.8 Å². The van der Waals surface area contributed by atoms with Crippen molar-refractivity contribution in [2.75, 3.05) is 13.7 Å². The predicted octanol–water partition coefficient (Wildman–Crippen LogP) is 2.35. The molecule has 0 fully saturated rings. The molecule has 7 nitrogen and oxygen atoms in total. The summed E-state index contributed by atoms with van der Waals surface area (Å²) in [6.07, 6.45) is -1.10. The Morgan fingerprint density at radius 3 is 2.21 bits per heavy atom. The zero-order valence-electron chi connectivity index (χ0n) is 15.7. The van der Waals surface area contributed by atoms with Gasteiger partial charge in [0.2, 0.25) is 0 Å². The SMILES string of the molecule is COC(=O)c1ccc(CN([C@@H](CO)[C@H](C)O)S(=O)(=O)c2ccc(Cl)s2)cc1.S.S. The Morgan fingerprint density at radius 2 is 1.79 bits per heavy atom. The maximum atomic E-state index is 13.1. The monoisotopic (exact) mass is 501 g/mol. The van der Waals surface area contributed by atoms with Crippen LogP contribution in [0.15, 0.2) is 40.6 Å². The molecule has 0 spiro atoms. The number of halogens is 1. The van der Waals surface area contributed by atoms with E-state index in [4.69, 9.17) is 11.6 Å². The summed E-state index contributed by atoms with van der Waals surface area (Å²) in [6, 6.07) is 8.02. The molecule has 0 amide bonds. The van der Waals surface area contributed by atoms with Gasteiger partial charge in [-0.2, -0.15) is 31.3 Å². The fraction of sp³-hybridized carbons (Fsp3) is 0.353. The minimum Gasteiger partial charge on any atom is -0.465 e. The summed E-state index contributed by atoms with van der Waals surface area (Å²) in [5, 5.41) is 19.6. The van der Waals surface area contributed by atoms with Crippen molar-refractivity contribution in [1.29, 1.82) is 0 Å². The molecule has 1 aromatic carbocycles. The van der Waals surface area contributed by atoms with Crippen molar-refractivity contribution in [2.45, 2.75) is 29.8 Å². The number of rotatable bonds is 8. The Morgan fingerprint density at radius 1 is 1.21 bits per heavy atom. The Hall–Kier alpha value is -0.790. The Kier molecular flexibility index (Phi) is 11.8. The average Bonchev–Trinajstić information content (AvgIpc) is 3.08. The lowest BCUT2D eigenvalue weighted by molar-refractivity contribution is 0.0600. The summed E-state index contributed by atoms with van der Waals surface area (Å²) in [5.41, 5.74) is 0.905. The van der Waals surface area contributed by atoms with E-state index in [1.807, 2.05) is 0 Å². The van der Waals surface area contributed by atoms with E-state index in [1.54, 1.807) is 12.1 Å². The third-order valence-electron chi connectivity index (χ3n) is 3.94. The highest BCUT2D eigenvalue weighted by molar-refractivity contribution is 7.91. The van der Waals surface area contributed by atoms with Gasteiger partial charge < -0.3 is 14.9 Å². The Balaban J connectivity index is 0.00000392. The van der Waals surface area contributed by atoms with Crippen LogP contribution in [0.2, 0.25) is 4.34 Å². The molecule has 0 aliphatic rings. The van der Waals surface area contributed by atoms with E-state index in [-0.39, 0.29) is 37.7 Å². The first-order valence-corrected chi connectivity index (χ1v) is 10.6. The molecule has 29 heavy (non-hydrogen) atoms. The van der Waals surface area contributed by atoms with E-state index < -0.39 is 34.7 Å². The van der Waals surface area contributed by atoms with Gasteiger partial charge in [0, 0.05) is 6.54 Å². The van der Waals surface area contributed by atoms with Gasteiger partial charge in [-0.15, -0.1) is 11.3 Å². The molecule has 0 saturated carbocycles. The fourth-order valence-corrected chi connectivity index (χ4v) is 5.74. The highest BCUT2D eigenvalue weighted by Gasteiger charge is 2.35. The molecular weight excluding hydrogens is 478 g/mol. The van der Waals surface area contributed by atoms with E-state index in [9.17, 15) is 23.4 Å². The minimum absolute atomic E-state index is 0. The van der Waals surface area contributed by atoms with Crippen LogP contribution >= 0.6 is 49.9 Å². The fourth-order valence-electron chi connectivity index (χ4n) is 2.46. The molecular formula is C17H24ClNO6S4. The molecule has 2 N–H and O–H groups in total. The normalized spacial score (nSPS) is 13.2. The number of thiophene rings is 1. The molecule has 0 radical (unpaired) electrons. The molecule has 0 unspecified atom stereocenters. The third-order valence-corrected chi connectivity index (χ3v) is 7.51. The maximum absolute atomic E-state index is 13.1. The van der Waals surface area contributed by atoms with Crippen LogP contribution in [0, 0.1) is 0 Å². The van der Waals surface area contributed by atoms with Crippen molar-refractivity contribution < 1.29 is 28.2 Å². The van der Waals surface area contributed by atoms with E-state index >= 15 is 0 Å². The van der Waals surface area contributed by atoms with Crippen molar-refractivity contribution in [2.24, 2.45) is 0 Å². The molecule has 0 aliphatic heterocycles. The summed E-state index contributed by atoms with van der Waals surface area (Å²) in [5.74, 6) is -0.503. The number of nitrogens with zero attached hydrogens (tertiary/aromatic N) is 1. The molecule has 1 aromatic heterocycles. The second kappa shape index (κ2) is 12.2. The molecule has 2 rings (SSSR count). The summed E-state index contributed by atoms with van der Waals surface area (Å²) >= 11 is 6.76. The average molecular weight is 502 g/mol. The number of aliphatic hydroxyl groups excluding tert-OH is 2. The predicted molar refractivity (Wildman–Crippen MR) is 123 cm³/mol. The number of sulfonamides is 1. The van der Waals surface area contributed by atoms with Crippen LogP contribution < -0.4 is 0 Å². The number of benzene rings is 1. The van der Waals surface area contributed by atoms with Crippen LogP contribution in [0.4, 0.5) is 0 Å². The lowest BCUT2D eigenvalue weighted by Crippen LogP contribution is -2.47. The van der Waals surface area contributed by atoms with Gasteiger partial charge in [-0.1, -0.05) is 23.7 Å². The molecule has 164 valence electrons. The maximum Gasteiger partial charge on any atom is 0.337 e. The van der Waals surface area contributed by atoms with Crippen LogP contribution in [0.3, 0.4) is 0 Å². The first-order valence-electron chi connectivity index (χ1n) is 7.94. The quantitative estimate of drug-likeness (QED) is 0.538. The number of ether oxygens (including phenoxy) is 1. The van der Waals surface area contributed by atoms with Crippen LogP contribution in [-0.4, -0.2) is 54.8 Å². The molecule has 1 heterocycles. The number of carbonyl (C=O) groups is 1. The van der Waals surface area contributed by atoms with Crippen LogP contribution in [-0.2, 0) is 21.3 Å². The number of carbonyl (C=O) groups excluding carboxylic acids is 1. The second-order valence-corrected chi connectivity index (χ2v) is 9.62. The topological polar surface area (TPSA) is 104 Å². The smallest absolute Gasteiger partial charge is 0.337 e. The van der Waals surface area contributed by atoms with E-state index in [0.29, 0.717) is 15.5 Å². The van der Waals surface area contributed by atoms with Crippen molar-refractivity contribution in [3.05, 3.63) is 51.9 Å². The van der Waals surface area contributed by atoms with Crippen molar-refractivity contribution in [3.63, 3.8) is 0 Å². The van der Waals surface area contributed by atoms with E-state index in [0.717, 1.165) is 15.6 Å². The van der Waals surface area contributed by atoms with Gasteiger partial charge in [0.15, 0.2) is 0 Å².